The summed E-state index contributed by atoms with van der Waals surface area (Å²) in [6, 6.07) is 12.7. The normalized spacial score (nSPS) is 27.4. The largest absolute Gasteiger partial charge is 0.384 e. The zero-order valence-corrected chi connectivity index (χ0v) is 13.1. The molecule has 3 rings (SSSR count). The lowest BCUT2D eigenvalue weighted by molar-refractivity contribution is -0.00286. The third-order valence-electron chi connectivity index (χ3n) is 4.12. The predicted octanol–water partition coefficient (Wildman–Crippen LogP) is 5.06. The Balaban J connectivity index is 1.75. The van der Waals surface area contributed by atoms with Crippen molar-refractivity contribution >= 4 is 27.3 Å². The minimum Gasteiger partial charge on any atom is -0.384 e. The Bertz CT molecular complexity index is 541. The molecule has 1 aromatic carbocycles. The Morgan fingerprint density at radius 1 is 1.11 bits per heavy atom. The first-order valence-corrected chi connectivity index (χ1v) is 8.37. The van der Waals surface area contributed by atoms with Crippen molar-refractivity contribution in [2.75, 3.05) is 0 Å². The Hall–Kier alpha value is -0.640. The average molecular weight is 337 g/mol. The van der Waals surface area contributed by atoms with Gasteiger partial charge in [-0.15, -0.1) is 11.3 Å². The zero-order valence-electron chi connectivity index (χ0n) is 10.7. The molecular formula is C16H17BrOS. The van der Waals surface area contributed by atoms with E-state index in [0.717, 1.165) is 35.0 Å². The van der Waals surface area contributed by atoms with Crippen LogP contribution in [0.3, 0.4) is 0 Å². The molecule has 0 radical (unpaired) electrons. The van der Waals surface area contributed by atoms with E-state index in [1.165, 1.54) is 5.56 Å². The SMILES string of the molecule is OC1(c2sccc2Br)CCC(c2ccccc2)CC1. The average Bonchev–Trinajstić information content (AvgIpc) is 2.88. The van der Waals surface area contributed by atoms with Crippen molar-refractivity contribution in [1.82, 2.24) is 0 Å². The van der Waals surface area contributed by atoms with E-state index in [4.69, 9.17) is 0 Å². The van der Waals surface area contributed by atoms with Crippen LogP contribution >= 0.6 is 27.3 Å². The van der Waals surface area contributed by atoms with Gasteiger partial charge in [0.25, 0.3) is 0 Å². The molecule has 0 atom stereocenters. The molecule has 1 aromatic heterocycles. The molecule has 2 aromatic rings. The van der Waals surface area contributed by atoms with Crippen molar-refractivity contribution in [3.63, 3.8) is 0 Å². The van der Waals surface area contributed by atoms with Crippen LogP contribution in [0.2, 0.25) is 0 Å². The van der Waals surface area contributed by atoms with Crippen molar-refractivity contribution in [1.29, 1.82) is 0 Å². The number of hydrogen-bond acceptors (Lipinski definition) is 2. The summed E-state index contributed by atoms with van der Waals surface area (Å²) in [5.74, 6) is 0.597. The van der Waals surface area contributed by atoms with Gasteiger partial charge >= 0.3 is 0 Å². The van der Waals surface area contributed by atoms with E-state index in [1.54, 1.807) is 11.3 Å². The molecule has 0 bridgehead atoms. The monoisotopic (exact) mass is 336 g/mol. The van der Waals surface area contributed by atoms with Gasteiger partial charge < -0.3 is 5.11 Å². The summed E-state index contributed by atoms with van der Waals surface area (Å²) in [7, 11) is 0. The lowest BCUT2D eigenvalue weighted by atomic mass is 9.75. The second kappa shape index (κ2) is 5.39. The summed E-state index contributed by atoms with van der Waals surface area (Å²) in [4.78, 5) is 1.10. The molecule has 1 aliphatic rings. The van der Waals surface area contributed by atoms with E-state index in [9.17, 15) is 5.11 Å². The van der Waals surface area contributed by atoms with Crippen LogP contribution in [0.5, 0.6) is 0 Å². The molecule has 19 heavy (non-hydrogen) atoms. The lowest BCUT2D eigenvalue weighted by Crippen LogP contribution is -2.30. The van der Waals surface area contributed by atoms with Gasteiger partial charge in [0.05, 0.1) is 10.5 Å². The van der Waals surface area contributed by atoms with Gasteiger partial charge in [0.2, 0.25) is 0 Å². The fourth-order valence-corrected chi connectivity index (χ4v) is 4.91. The topological polar surface area (TPSA) is 20.2 Å². The number of aliphatic hydroxyl groups is 1. The molecule has 100 valence electrons. The highest BCUT2D eigenvalue weighted by molar-refractivity contribution is 9.10. The van der Waals surface area contributed by atoms with Gasteiger partial charge in [0.15, 0.2) is 0 Å². The highest BCUT2D eigenvalue weighted by atomic mass is 79.9. The Morgan fingerprint density at radius 3 is 2.37 bits per heavy atom. The number of hydrogen-bond donors (Lipinski definition) is 1. The molecule has 0 amide bonds. The lowest BCUT2D eigenvalue weighted by Gasteiger charge is -2.36. The fraction of sp³-hybridized carbons (Fsp3) is 0.375. The van der Waals surface area contributed by atoms with E-state index >= 15 is 0 Å². The van der Waals surface area contributed by atoms with Gasteiger partial charge in [-0.25, -0.2) is 0 Å². The second-order valence-corrected chi connectivity index (χ2v) is 7.08. The van der Waals surface area contributed by atoms with Crippen LogP contribution < -0.4 is 0 Å². The first-order chi connectivity index (χ1) is 9.19. The van der Waals surface area contributed by atoms with Crippen molar-refractivity contribution < 1.29 is 5.11 Å². The Morgan fingerprint density at radius 2 is 1.79 bits per heavy atom. The molecule has 1 N–H and O–H groups in total. The van der Waals surface area contributed by atoms with Crippen LogP contribution in [0.15, 0.2) is 46.3 Å². The molecule has 1 nitrogen and oxygen atoms in total. The van der Waals surface area contributed by atoms with Gasteiger partial charge in [-0.1, -0.05) is 30.3 Å². The molecule has 0 aliphatic heterocycles. The number of halogens is 1. The summed E-state index contributed by atoms with van der Waals surface area (Å²) in [6.07, 6.45) is 3.83. The predicted molar refractivity (Wildman–Crippen MR) is 83.6 cm³/mol. The second-order valence-electron chi connectivity index (χ2n) is 5.31. The van der Waals surface area contributed by atoms with Crippen LogP contribution in [0.25, 0.3) is 0 Å². The van der Waals surface area contributed by atoms with Crippen LogP contribution in [-0.4, -0.2) is 5.11 Å². The number of thiophene rings is 1. The summed E-state index contributed by atoms with van der Waals surface area (Å²) in [6.45, 7) is 0. The number of rotatable bonds is 2. The van der Waals surface area contributed by atoms with Crippen molar-refractivity contribution in [3.05, 3.63) is 56.7 Å². The minimum absolute atomic E-state index is 0.597. The summed E-state index contributed by atoms with van der Waals surface area (Å²) < 4.78 is 1.05. The third-order valence-corrected chi connectivity index (χ3v) is 6.15. The quantitative estimate of drug-likeness (QED) is 0.812. The highest BCUT2D eigenvalue weighted by Gasteiger charge is 2.37. The van der Waals surface area contributed by atoms with E-state index < -0.39 is 5.60 Å². The first-order valence-electron chi connectivity index (χ1n) is 6.70. The minimum atomic E-state index is -0.627. The van der Waals surface area contributed by atoms with Crippen LogP contribution in [0.1, 0.15) is 42.0 Å². The molecule has 1 saturated carbocycles. The molecule has 1 fully saturated rings. The van der Waals surface area contributed by atoms with Crippen molar-refractivity contribution in [2.45, 2.75) is 37.2 Å². The Kier molecular flexibility index (Phi) is 3.79. The molecule has 0 unspecified atom stereocenters. The summed E-state index contributed by atoms with van der Waals surface area (Å²) >= 11 is 5.20. The maximum absolute atomic E-state index is 10.9. The van der Waals surface area contributed by atoms with Crippen molar-refractivity contribution in [2.24, 2.45) is 0 Å². The molecule has 0 saturated heterocycles. The smallest absolute Gasteiger partial charge is 0.0999 e. The van der Waals surface area contributed by atoms with Gasteiger partial charge in [-0.2, -0.15) is 0 Å². The van der Waals surface area contributed by atoms with Gasteiger partial charge in [0, 0.05) is 4.47 Å². The van der Waals surface area contributed by atoms with E-state index in [0.29, 0.717) is 5.92 Å². The van der Waals surface area contributed by atoms with E-state index in [1.807, 2.05) is 11.4 Å². The maximum Gasteiger partial charge on any atom is 0.0999 e. The zero-order chi connectivity index (χ0) is 13.3. The highest BCUT2D eigenvalue weighted by Crippen LogP contribution is 2.46. The van der Waals surface area contributed by atoms with Crippen LogP contribution in [-0.2, 0) is 5.60 Å². The standard InChI is InChI=1S/C16H17BrOS/c17-14-8-11-19-15(14)16(18)9-6-13(7-10-16)12-4-2-1-3-5-12/h1-5,8,11,13,18H,6-7,9-10H2. The molecule has 3 heteroatoms. The fourth-order valence-electron chi connectivity index (χ4n) is 3.01. The Labute approximate surface area is 126 Å². The van der Waals surface area contributed by atoms with Crippen molar-refractivity contribution in [3.8, 4) is 0 Å². The maximum atomic E-state index is 10.9. The van der Waals surface area contributed by atoms with Gasteiger partial charge in [-0.05, 0) is 64.5 Å². The van der Waals surface area contributed by atoms with E-state index in [2.05, 4.69) is 46.3 Å². The molecule has 1 aliphatic carbocycles. The molecule has 0 spiro atoms. The molecular weight excluding hydrogens is 320 g/mol. The first kappa shape index (κ1) is 13.3. The molecule has 1 heterocycles. The van der Waals surface area contributed by atoms with Crippen LogP contribution in [0.4, 0.5) is 0 Å². The summed E-state index contributed by atoms with van der Waals surface area (Å²) in [5, 5.41) is 12.9. The third kappa shape index (κ3) is 2.64. The van der Waals surface area contributed by atoms with Crippen LogP contribution in [0, 0.1) is 0 Å². The number of benzene rings is 1. The van der Waals surface area contributed by atoms with E-state index in [-0.39, 0.29) is 0 Å². The van der Waals surface area contributed by atoms with Gasteiger partial charge in [-0.3, -0.25) is 0 Å². The summed E-state index contributed by atoms with van der Waals surface area (Å²) in [5.41, 5.74) is 0.785. The van der Waals surface area contributed by atoms with Gasteiger partial charge in [0.1, 0.15) is 0 Å².